The van der Waals surface area contributed by atoms with Crippen LogP contribution in [0, 0.1) is 9.49 Å². The van der Waals surface area contributed by atoms with Crippen LogP contribution in [0.15, 0.2) is 24.3 Å². The highest BCUT2D eigenvalue weighted by atomic mass is 127. The van der Waals surface area contributed by atoms with E-state index in [2.05, 4.69) is 59.1 Å². The second-order valence-electron chi connectivity index (χ2n) is 5.87. The molecule has 1 fully saturated rings. The zero-order chi connectivity index (χ0) is 13.5. The highest BCUT2D eigenvalue weighted by Gasteiger charge is 2.20. The normalized spacial score (nSPS) is 17.8. The van der Waals surface area contributed by atoms with Gasteiger partial charge < -0.3 is 5.32 Å². The van der Waals surface area contributed by atoms with Crippen molar-refractivity contribution in [2.45, 2.75) is 57.9 Å². The predicted molar refractivity (Wildman–Crippen MR) is 91.5 cm³/mol. The summed E-state index contributed by atoms with van der Waals surface area (Å²) in [6, 6.07) is 9.70. The lowest BCUT2D eigenvalue weighted by Gasteiger charge is -2.22. The fourth-order valence-electron chi connectivity index (χ4n) is 3.14. The van der Waals surface area contributed by atoms with Crippen LogP contribution in [0.3, 0.4) is 0 Å². The molecule has 106 valence electrons. The van der Waals surface area contributed by atoms with Gasteiger partial charge in [0.2, 0.25) is 0 Å². The van der Waals surface area contributed by atoms with Gasteiger partial charge in [0.15, 0.2) is 0 Å². The Hall–Kier alpha value is -0.0900. The molecule has 0 spiro atoms. The van der Waals surface area contributed by atoms with Crippen molar-refractivity contribution < 1.29 is 0 Å². The second-order valence-corrected chi connectivity index (χ2v) is 7.11. The van der Waals surface area contributed by atoms with Gasteiger partial charge in [-0.25, -0.2) is 0 Å². The molecule has 1 nitrogen and oxygen atoms in total. The van der Waals surface area contributed by atoms with Crippen LogP contribution >= 0.6 is 22.6 Å². The van der Waals surface area contributed by atoms with Crippen molar-refractivity contribution in [1.29, 1.82) is 0 Å². The first-order chi connectivity index (χ1) is 9.28. The van der Waals surface area contributed by atoms with E-state index in [1.807, 2.05) is 0 Å². The summed E-state index contributed by atoms with van der Waals surface area (Å²) in [5.41, 5.74) is 1.48. The molecule has 0 amide bonds. The number of halogens is 1. The van der Waals surface area contributed by atoms with E-state index in [-0.39, 0.29) is 0 Å². The molecule has 2 heteroatoms. The molecule has 1 saturated carbocycles. The molecular formula is C17H26IN. The van der Waals surface area contributed by atoms with E-state index in [0.29, 0.717) is 6.04 Å². The van der Waals surface area contributed by atoms with E-state index in [1.165, 1.54) is 54.1 Å². The monoisotopic (exact) mass is 371 g/mol. The summed E-state index contributed by atoms with van der Waals surface area (Å²) in [7, 11) is 0. The molecule has 19 heavy (non-hydrogen) atoms. The average molecular weight is 371 g/mol. The molecule has 0 aromatic heterocycles. The van der Waals surface area contributed by atoms with Crippen molar-refractivity contribution in [1.82, 2.24) is 5.32 Å². The first kappa shape index (κ1) is 15.3. The maximum Gasteiger partial charge on any atom is 0.0130 e. The summed E-state index contributed by atoms with van der Waals surface area (Å²) in [5, 5.41) is 3.76. The minimum atomic E-state index is 0.670. The Bertz CT molecular complexity index is 354. The van der Waals surface area contributed by atoms with Crippen molar-refractivity contribution in [2.75, 3.05) is 6.54 Å². The fourth-order valence-corrected chi connectivity index (χ4v) is 3.50. The van der Waals surface area contributed by atoms with Crippen molar-refractivity contribution in [3.05, 3.63) is 33.4 Å². The largest absolute Gasteiger partial charge is 0.314 e. The van der Waals surface area contributed by atoms with Gasteiger partial charge in [0.1, 0.15) is 0 Å². The first-order valence-corrected chi connectivity index (χ1v) is 8.83. The van der Waals surface area contributed by atoms with Crippen LogP contribution in [-0.4, -0.2) is 12.6 Å². The maximum atomic E-state index is 3.76. The van der Waals surface area contributed by atoms with Crippen LogP contribution in [0.2, 0.25) is 0 Å². The Morgan fingerprint density at radius 2 is 1.89 bits per heavy atom. The Morgan fingerprint density at radius 3 is 2.53 bits per heavy atom. The van der Waals surface area contributed by atoms with E-state index in [0.717, 1.165) is 12.5 Å². The lowest BCUT2D eigenvalue weighted by Crippen LogP contribution is -2.33. The topological polar surface area (TPSA) is 12.0 Å². The zero-order valence-electron chi connectivity index (χ0n) is 12.0. The summed E-state index contributed by atoms with van der Waals surface area (Å²) in [5.74, 6) is 0.971. The third-order valence-electron chi connectivity index (χ3n) is 4.17. The van der Waals surface area contributed by atoms with Gasteiger partial charge in [-0.3, -0.25) is 0 Å². The van der Waals surface area contributed by atoms with Crippen LogP contribution in [0.1, 0.15) is 51.0 Å². The molecule has 2 rings (SSSR count). The highest BCUT2D eigenvalue weighted by molar-refractivity contribution is 14.1. The molecule has 1 N–H and O–H groups in total. The molecule has 1 atom stereocenters. The van der Waals surface area contributed by atoms with Crippen LogP contribution < -0.4 is 5.32 Å². The molecule has 0 bridgehead atoms. The Labute approximate surface area is 131 Å². The van der Waals surface area contributed by atoms with E-state index >= 15 is 0 Å². The molecule has 0 radical (unpaired) electrons. The Balaban J connectivity index is 1.89. The van der Waals surface area contributed by atoms with Crippen LogP contribution in [-0.2, 0) is 6.42 Å². The first-order valence-electron chi connectivity index (χ1n) is 7.75. The van der Waals surface area contributed by atoms with Crippen molar-refractivity contribution in [3.8, 4) is 0 Å². The number of nitrogens with one attached hydrogen (secondary N) is 1. The number of hydrogen-bond acceptors (Lipinski definition) is 1. The molecule has 0 heterocycles. The lowest BCUT2D eigenvalue weighted by atomic mass is 9.94. The van der Waals surface area contributed by atoms with Crippen molar-refractivity contribution in [2.24, 2.45) is 5.92 Å². The minimum Gasteiger partial charge on any atom is -0.314 e. The van der Waals surface area contributed by atoms with Gasteiger partial charge >= 0.3 is 0 Å². The van der Waals surface area contributed by atoms with E-state index < -0.39 is 0 Å². The summed E-state index contributed by atoms with van der Waals surface area (Å²) >= 11 is 2.38. The third-order valence-corrected chi connectivity index (χ3v) is 4.89. The number of benzene rings is 1. The molecule has 1 unspecified atom stereocenters. The average Bonchev–Trinajstić information content (AvgIpc) is 2.91. The quantitative estimate of drug-likeness (QED) is 0.680. The van der Waals surface area contributed by atoms with Crippen LogP contribution in [0.4, 0.5) is 0 Å². The van der Waals surface area contributed by atoms with Gasteiger partial charge in [-0.05, 0) is 72.0 Å². The lowest BCUT2D eigenvalue weighted by molar-refractivity contribution is 0.385. The fraction of sp³-hybridized carbons (Fsp3) is 0.647. The SMILES string of the molecule is CCCNC(Cc1ccc(I)cc1)CC1CCCC1. The van der Waals surface area contributed by atoms with Gasteiger partial charge in [-0.15, -0.1) is 0 Å². The van der Waals surface area contributed by atoms with Crippen LogP contribution in [0.25, 0.3) is 0 Å². The summed E-state index contributed by atoms with van der Waals surface area (Å²) in [4.78, 5) is 0. The van der Waals surface area contributed by atoms with Gasteiger partial charge in [-0.2, -0.15) is 0 Å². The van der Waals surface area contributed by atoms with Gasteiger partial charge in [0.05, 0.1) is 0 Å². The summed E-state index contributed by atoms with van der Waals surface area (Å²) in [6.07, 6.45) is 9.60. The Morgan fingerprint density at radius 1 is 1.21 bits per heavy atom. The predicted octanol–water partition coefficient (Wildman–Crippen LogP) is 4.78. The molecule has 0 saturated heterocycles. The third kappa shape index (κ3) is 5.42. The van der Waals surface area contributed by atoms with Crippen molar-refractivity contribution in [3.63, 3.8) is 0 Å². The number of hydrogen-bond donors (Lipinski definition) is 1. The zero-order valence-corrected chi connectivity index (χ0v) is 14.2. The maximum absolute atomic E-state index is 3.76. The minimum absolute atomic E-state index is 0.670. The van der Waals surface area contributed by atoms with Gasteiger partial charge in [0.25, 0.3) is 0 Å². The molecule has 1 aromatic rings. The molecular weight excluding hydrogens is 345 g/mol. The second kappa shape index (κ2) is 8.25. The van der Waals surface area contributed by atoms with Gasteiger partial charge in [0, 0.05) is 9.61 Å². The van der Waals surface area contributed by atoms with Gasteiger partial charge in [-0.1, -0.05) is 44.7 Å². The van der Waals surface area contributed by atoms with Crippen LogP contribution in [0.5, 0.6) is 0 Å². The molecule has 1 aromatic carbocycles. The summed E-state index contributed by atoms with van der Waals surface area (Å²) in [6.45, 7) is 3.41. The molecule has 1 aliphatic rings. The molecule has 0 aliphatic heterocycles. The smallest absolute Gasteiger partial charge is 0.0130 e. The van der Waals surface area contributed by atoms with E-state index in [1.54, 1.807) is 0 Å². The molecule has 1 aliphatic carbocycles. The van der Waals surface area contributed by atoms with E-state index in [9.17, 15) is 0 Å². The van der Waals surface area contributed by atoms with Crippen molar-refractivity contribution >= 4 is 22.6 Å². The standard InChI is InChI=1S/C17H26IN/c1-2-11-19-17(12-14-5-3-4-6-14)13-15-7-9-16(18)10-8-15/h7-10,14,17,19H,2-6,11-13H2,1H3. The van der Waals surface area contributed by atoms with E-state index in [4.69, 9.17) is 0 Å². The highest BCUT2D eigenvalue weighted by Crippen LogP contribution is 2.29. The Kier molecular flexibility index (Phi) is 6.65. The number of rotatable bonds is 7. The summed E-state index contributed by atoms with van der Waals surface area (Å²) < 4.78 is 1.33.